The van der Waals surface area contributed by atoms with Crippen LogP contribution in [0.1, 0.15) is 41.5 Å². The zero-order valence-corrected chi connectivity index (χ0v) is 15.1. The number of hydrogen-bond donors (Lipinski definition) is 0. The van der Waals surface area contributed by atoms with E-state index in [1.54, 1.807) is 14.2 Å². The largest absolute Gasteiger partial charge is 0.467 e. The molecule has 0 saturated heterocycles. The van der Waals surface area contributed by atoms with Crippen molar-refractivity contribution in [3.8, 4) is 0 Å². The van der Waals surface area contributed by atoms with Gasteiger partial charge in [-0.1, -0.05) is 42.4 Å². The minimum Gasteiger partial charge on any atom is -0.467 e. The molecule has 0 fully saturated rings. The van der Waals surface area contributed by atoms with Crippen molar-refractivity contribution < 1.29 is 18.7 Å². The van der Waals surface area contributed by atoms with Gasteiger partial charge in [0.15, 0.2) is 11.9 Å². The van der Waals surface area contributed by atoms with Crippen LogP contribution in [0, 0.1) is 6.92 Å². The van der Waals surface area contributed by atoms with Crippen LogP contribution in [0.25, 0.3) is 0 Å². The van der Waals surface area contributed by atoms with E-state index in [4.69, 9.17) is 23.7 Å². The molecule has 0 radical (unpaired) electrons. The minimum atomic E-state index is -0.184. The maximum Gasteiger partial charge on any atom is 0.222 e. The smallest absolute Gasteiger partial charge is 0.222 e. The number of ether oxygens (including phenoxy) is 3. The van der Waals surface area contributed by atoms with E-state index in [9.17, 15) is 0 Å². The molecule has 0 aliphatic carbocycles. The summed E-state index contributed by atoms with van der Waals surface area (Å²) in [7, 11) is 3.34. The molecular formula is C19H24N2O4. The molecule has 25 heavy (non-hydrogen) atoms. The van der Waals surface area contributed by atoms with Crippen LogP contribution in [0.15, 0.2) is 39.8 Å². The van der Waals surface area contributed by atoms with Crippen LogP contribution >= 0.6 is 0 Å². The van der Waals surface area contributed by atoms with E-state index in [0.717, 1.165) is 22.6 Å². The van der Waals surface area contributed by atoms with Crippen LogP contribution in [0.5, 0.6) is 0 Å². The number of rotatable bonds is 7. The third kappa shape index (κ3) is 3.60. The van der Waals surface area contributed by atoms with E-state index in [1.165, 1.54) is 0 Å². The Bertz CT molecular complexity index is 726. The van der Waals surface area contributed by atoms with E-state index in [1.807, 2.05) is 44.2 Å². The fraction of sp³-hybridized carbons (Fsp3) is 0.474. The summed E-state index contributed by atoms with van der Waals surface area (Å²) in [6.45, 7) is 4.95. The van der Waals surface area contributed by atoms with Gasteiger partial charge < -0.3 is 18.7 Å². The molecule has 0 saturated carbocycles. The molecule has 1 aromatic carbocycles. The van der Waals surface area contributed by atoms with Gasteiger partial charge in [0.05, 0.1) is 18.9 Å². The monoisotopic (exact) mass is 344 g/mol. The average molecular weight is 344 g/mol. The first kappa shape index (κ1) is 17.6. The predicted molar refractivity (Wildman–Crippen MR) is 94.0 cm³/mol. The number of hydrogen-bond acceptors (Lipinski definition) is 6. The molecule has 1 aliphatic heterocycles. The lowest BCUT2D eigenvalue weighted by atomic mass is 10.0. The van der Waals surface area contributed by atoms with Crippen LogP contribution in [0.4, 0.5) is 0 Å². The first-order valence-electron chi connectivity index (χ1n) is 8.39. The number of benzene rings is 1. The van der Waals surface area contributed by atoms with Gasteiger partial charge in [-0.25, -0.2) is 4.99 Å². The number of nitrogens with zero attached hydrogens (tertiary/aromatic N) is 2. The summed E-state index contributed by atoms with van der Waals surface area (Å²) in [5, 5.41) is 4.11. The molecule has 1 aromatic heterocycles. The van der Waals surface area contributed by atoms with Gasteiger partial charge in [0.1, 0.15) is 11.6 Å². The van der Waals surface area contributed by atoms with Crippen molar-refractivity contribution in [1.29, 1.82) is 0 Å². The van der Waals surface area contributed by atoms with Crippen molar-refractivity contribution in [1.82, 2.24) is 5.16 Å². The Morgan fingerprint density at radius 1 is 1.16 bits per heavy atom. The summed E-state index contributed by atoms with van der Waals surface area (Å²) in [6, 6.07) is 9.96. The van der Waals surface area contributed by atoms with Gasteiger partial charge >= 0.3 is 0 Å². The fourth-order valence-corrected chi connectivity index (χ4v) is 3.11. The summed E-state index contributed by atoms with van der Waals surface area (Å²) in [5.41, 5.74) is 2.66. The van der Waals surface area contributed by atoms with Crippen LogP contribution in [0.2, 0.25) is 0 Å². The highest BCUT2D eigenvalue weighted by Crippen LogP contribution is 2.34. The summed E-state index contributed by atoms with van der Waals surface area (Å²) >= 11 is 0. The highest BCUT2D eigenvalue weighted by Gasteiger charge is 2.36. The molecule has 0 spiro atoms. The predicted octanol–water partition coefficient (Wildman–Crippen LogP) is 3.27. The average Bonchev–Trinajstić information content (AvgIpc) is 3.20. The normalized spacial score (nSPS) is 21.0. The maximum atomic E-state index is 6.24. The van der Waals surface area contributed by atoms with Gasteiger partial charge in [-0.05, 0) is 12.5 Å². The molecule has 134 valence electrons. The number of methoxy groups -OCH3 is 2. The molecular weight excluding hydrogens is 320 g/mol. The van der Waals surface area contributed by atoms with Crippen molar-refractivity contribution >= 4 is 5.90 Å². The molecule has 3 atom stereocenters. The van der Waals surface area contributed by atoms with Gasteiger partial charge in [0.2, 0.25) is 5.90 Å². The second kappa shape index (κ2) is 7.80. The highest BCUT2D eigenvalue weighted by atomic mass is 16.5. The Labute approximate surface area is 147 Å². The zero-order chi connectivity index (χ0) is 17.8. The molecule has 0 unspecified atom stereocenters. The molecule has 3 rings (SSSR count). The molecule has 2 aromatic rings. The van der Waals surface area contributed by atoms with E-state index in [0.29, 0.717) is 19.1 Å². The number of aliphatic imine (C=N–C) groups is 1. The summed E-state index contributed by atoms with van der Waals surface area (Å²) in [4.78, 5) is 4.77. The quantitative estimate of drug-likeness (QED) is 0.771. The van der Waals surface area contributed by atoms with Crippen molar-refractivity contribution in [3.63, 3.8) is 0 Å². The Morgan fingerprint density at radius 3 is 2.60 bits per heavy atom. The Kier molecular flexibility index (Phi) is 5.50. The topological polar surface area (TPSA) is 66.1 Å². The zero-order valence-electron chi connectivity index (χ0n) is 15.1. The molecule has 6 nitrogen and oxygen atoms in total. The van der Waals surface area contributed by atoms with E-state index < -0.39 is 0 Å². The summed E-state index contributed by atoms with van der Waals surface area (Å²) in [6.07, 6.45) is -0.184. The van der Waals surface area contributed by atoms with Gasteiger partial charge in [0.25, 0.3) is 0 Å². The van der Waals surface area contributed by atoms with Crippen LogP contribution in [0.3, 0.4) is 0 Å². The highest BCUT2D eigenvalue weighted by molar-refractivity contribution is 5.97. The van der Waals surface area contributed by atoms with E-state index in [2.05, 4.69) is 5.16 Å². The van der Waals surface area contributed by atoms with Crippen molar-refractivity contribution in [2.75, 3.05) is 27.4 Å². The summed E-state index contributed by atoms with van der Waals surface area (Å²) in [5.74, 6) is 1.36. The van der Waals surface area contributed by atoms with E-state index in [-0.39, 0.29) is 18.1 Å². The fourth-order valence-electron chi connectivity index (χ4n) is 3.11. The van der Waals surface area contributed by atoms with Crippen LogP contribution < -0.4 is 0 Å². The van der Waals surface area contributed by atoms with Crippen LogP contribution in [-0.4, -0.2) is 44.5 Å². The second-order valence-electron chi connectivity index (χ2n) is 6.27. The Hall–Kier alpha value is -2.18. The number of aromatic nitrogens is 1. The standard InChI is InChI=1S/C19H24N2O4/c1-12(10-22-3)17-16(13(2)21-25-17)19-20-15(11-23-4)18(24-19)14-8-6-5-7-9-14/h5-9,12,15,18H,10-11H2,1-4H3/t12-,15+,18+/m1/s1. The Morgan fingerprint density at radius 2 is 1.92 bits per heavy atom. The lowest BCUT2D eigenvalue weighted by molar-refractivity contribution is 0.120. The molecule has 2 heterocycles. The van der Waals surface area contributed by atoms with Gasteiger partial charge in [-0.2, -0.15) is 0 Å². The van der Waals surface area contributed by atoms with Crippen molar-refractivity contribution in [3.05, 3.63) is 52.9 Å². The molecule has 0 bridgehead atoms. The molecule has 0 amide bonds. The third-order valence-corrected chi connectivity index (χ3v) is 4.30. The summed E-state index contributed by atoms with van der Waals surface area (Å²) < 4.78 is 22.4. The number of aryl methyl sites for hydroxylation is 1. The third-order valence-electron chi connectivity index (χ3n) is 4.30. The van der Waals surface area contributed by atoms with Crippen LogP contribution in [-0.2, 0) is 14.2 Å². The molecule has 6 heteroatoms. The lowest BCUT2D eigenvalue weighted by Crippen LogP contribution is -2.19. The lowest BCUT2D eigenvalue weighted by Gasteiger charge is -2.17. The van der Waals surface area contributed by atoms with Gasteiger partial charge in [-0.15, -0.1) is 0 Å². The van der Waals surface area contributed by atoms with Crippen molar-refractivity contribution in [2.45, 2.75) is 31.9 Å². The van der Waals surface area contributed by atoms with Crippen molar-refractivity contribution in [2.24, 2.45) is 4.99 Å². The van der Waals surface area contributed by atoms with Gasteiger partial charge in [-0.3, -0.25) is 0 Å². The first-order chi connectivity index (χ1) is 12.2. The Balaban J connectivity index is 1.93. The minimum absolute atomic E-state index is 0.0594. The van der Waals surface area contributed by atoms with Gasteiger partial charge in [0, 0.05) is 20.1 Å². The molecule has 0 N–H and O–H groups in total. The van der Waals surface area contributed by atoms with E-state index >= 15 is 0 Å². The SMILES string of the molecule is COC[C@@H](C)c1onc(C)c1C1=N[C@@H](COC)[C@H](c2ccccc2)O1. The first-order valence-corrected chi connectivity index (χ1v) is 8.39. The second-order valence-corrected chi connectivity index (χ2v) is 6.27. The molecule has 1 aliphatic rings. The maximum absolute atomic E-state index is 6.24.